The molecule has 0 aliphatic rings. The summed E-state index contributed by atoms with van der Waals surface area (Å²) in [5, 5.41) is 0.468. The van der Waals surface area contributed by atoms with Gasteiger partial charge in [0.25, 0.3) is 0 Å². The number of anilines is 1. The minimum Gasteiger partial charge on any atom is -0.465 e. The van der Waals surface area contributed by atoms with Gasteiger partial charge in [-0.3, -0.25) is 4.79 Å². The van der Waals surface area contributed by atoms with Crippen molar-refractivity contribution in [3.8, 4) is 0 Å². The monoisotopic (exact) mass is 286 g/mol. The number of halogens is 1. The van der Waals surface area contributed by atoms with E-state index in [-0.39, 0.29) is 17.5 Å². The number of rotatable bonds is 5. The zero-order valence-corrected chi connectivity index (χ0v) is 11.8. The summed E-state index contributed by atoms with van der Waals surface area (Å²) in [5.74, 6) is -0.283. The number of benzene rings is 1. The number of carbonyl (C=O) groups excluding carboxylic acids is 1. The Kier molecular flexibility index (Phi) is 5.37. The van der Waals surface area contributed by atoms with Crippen molar-refractivity contribution in [3.63, 3.8) is 0 Å². The SMILES string of the molecule is CCOC(=O)CN(C)c1ccc(C(N)=S)c(Cl)c1. The van der Waals surface area contributed by atoms with E-state index in [1.54, 1.807) is 37.1 Å². The molecular formula is C12H15ClN2O2S. The molecule has 0 aliphatic heterocycles. The van der Waals surface area contributed by atoms with Crippen LogP contribution in [0, 0.1) is 0 Å². The minimum atomic E-state index is -0.283. The van der Waals surface area contributed by atoms with Gasteiger partial charge in [-0.2, -0.15) is 0 Å². The zero-order chi connectivity index (χ0) is 13.7. The molecule has 0 unspecified atom stereocenters. The van der Waals surface area contributed by atoms with Crippen molar-refractivity contribution in [3.05, 3.63) is 28.8 Å². The van der Waals surface area contributed by atoms with E-state index in [9.17, 15) is 4.79 Å². The number of thiocarbonyl (C=S) groups is 1. The standard InChI is InChI=1S/C12H15ClN2O2S/c1-3-17-11(16)7-15(2)8-4-5-9(12(14)18)10(13)6-8/h4-6H,3,7H2,1-2H3,(H2,14,18). The van der Waals surface area contributed by atoms with Crippen LogP contribution in [0.1, 0.15) is 12.5 Å². The van der Waals surface area contributed by atoms with Crippen molar-refractivity contribution in [1.29, 1.82) is 0 Å². The fraction of sp³-hybridized carbons (Fsp3) is 0.333. The first-order valence-electron chi connectivity index (χ1n) is 5.41. The molecule has 1 aromatic carbocycles. The average Bonchev–Trinajstić information content (AvgIpc) is 2.28. The molecule has 18 heavy (non-hydrogen) atoms. The lowest BCUT2D eigenvalue weighted by Crippen LogP contribution is -2.27. The van der Waals surface area contributed by atoms with Gasteiger partial charge in [-0.25, -0.2) is 0 Å². The third-order valence-corrected chi connectivity index (χ3v) is 2.86. The first-order chi connectivity index (χ1) is 8.45. The Morgan fingerprint density at radius 1 is 1.56 bits per heavy atom. The summed E-state index contributed by atoms with van der Waals surface area (Å²) in [7, 11) is 1.78. The van der Waals surface area contributed by atoms with E-state index in [2.05, 4.69) is 0 Å². The van der Waals surface area contributed by atoms with Crippen molar-refractivity contribution in [2.45, 2.75) is 6.92 Å². The number of likely N-dealkylation sites (N-methyl/N-ethyl adjacent to an activating group) is 1. The van der Waals surface area contributed by atoms with Gasteiger partial charge in [0, 0.05) is 18.3 Å². The maximum Gasteiger partial charge on any atom is 0.325 e. The van der Waals surface area contributed by atoms with Crippen LogP contribution in [0.4, 0.5) is 5.69 Å². The fourth-order valence-electron chi connectivity index (χ4n) is 1.43. The molecule has 0 bridgehead atoms. The molecule has 0 saturated heterocycles. The molecule has 98 valence electrons. The molecule has 0 aromatic heterocycles. The Hall–Kier alpha value is -1.33. The van der Waals surface area contributed by atoms with E-state index < -0.39 is 0 Å². The van der Waals surface area contributed by atoms with Crippen LogP contribution in [-0.4, -0.2) is 31.2 Å². The van der Waals surface area contributed by atoms with Gasteiger partial charge in [0.15, 0.2) is 0 Å². The summed E-state index contributed by atoms with van der Waals surface area (Å²) in [6.45, 7) is 2.30. The van der Waals surface area contributed by atoms with E-state index in [0.717, 1.165) is 5.69 Å². The largest absolute Gasteiger partial charge is 0.465 e. The molecule has 0 amide bonds. The number of hydrogen-bond donors (Lipinski definition) is 1. The van der Waals surface area contributed by atoms with Crippen LogP contribution in [0.5, 0.6) is 0 Å². The molecule has 0 heterocycles. The summed E-state index contributed by atoms with van der Waals surface area (Å²) < 4.78 is 4.87. The summed E-state index contributed by atoms with van der Waals surface area (Å²) >= 11 is 10.9. The maximum atomic E-state index is 11.3. The molecule has 0 spiro atoms. The molecule has 2 N–H and O–H groups in total. The normalized spacial score (nSPS) is 9.94. The van der Waals surface area contributed by atoms with E-state index in [0.29, 0.717) is 17.2 Å². The number of nitrogens with zero attached hydrogens (tertiary/aromatic N) is 1. The molecule has 0 atom stereocenters. The molecule has 0 saturated carbocycles. The van der Waals surface area contributed by atoms with Gasteiger partial charge in [-0.15, -0.1) is 0 Å². The van der Waals surface area contributed by atoms with Crippen LogP contribution < -0.4 is 10.6 Å². The predicted molar refractivity (Wildman–Crippen MR) is 77.2 cm³/mol. The molecular weight excluding hydrogens is 272 g/mol. The number of hydrogen-bond acceptors (Lipinski definition) is 4. The van der Waals surface area contributed by atoms with Crippen LogP contribution in [0.2, 0.25) is 5.02 Å². The first-order valence-corrected chi connectivity index (χ1v) is 6.20. The molecule has 1 rings (SSSR count). The van der Waals surface area contributed by atoms with E-state index in [1.807, 2.05) is 0 Å². The van der Waals surface area contributed by atoms with Crippen LogP contribution in [0.3, 0.4) is 0 Å². The van der Waals surface area contributed by atoms with E-state index in [1.165, 1.54) is 0 Å². The van der Waals surface area contributed by atoms with Gasteiger partial charge in [-0.05, 0) is 25.1 Å². The third kappa shape index (κ3) is 3.85. The second-order valence-electron chi connectivity index (χ2n) is 3.69. The Labute approximate surface area is 117 Å². The lowest BCUT2D eigenvalue weighted by atomic mass is 10.2. The average molecular weight is 287 g/mol. The Balaban J connectivity index is 2.81. The number of esters is 1. The summed E-state index contributed by atoms with van der Waals surface area (Å²) in [6.07, 6.45) is 0. The molecule has 0 aliphatic carbocycles. The molecule has 0 fully saturated rings. The molecule has 4 nitrogen and oxygen atoms in total. The van der Waals surface area contributed by atoms with Crippen molar-refractivity contribution >= 4 is 40.5 Å². The topological polar surface area (TPSA) is 55.6 Å². The number of carbonyl (C=O) groups is 1. The predicted octanol–water partition coefficient (Wildman–Crippen LogP) is 1.97. The lowest BCUT2D eigenvalue weighted by Gasteiger charge is -2.19. The number of nitrogens with two attached hydrogens (primary N) is 1. The smallest absolute Gasteiger partial charge is 0.325 e. The molecule has 1 aromatic rings. The summed E-state index contributed by atoms with van der Waals surface area (Å²) in [6, 6.07) is 5.26. The van der Waals surface area contributed by atoms with Gasteiger partial charge in [0.2, 0.25) is 0 Å². The van der Waals surface area contributed by atoms with Crippen molar-refractivity contribution in [2.75, 3.05) is 25.1 Å². The quantitative estimate of drug-likeness (QED) is 0.662. The zero-order valence-electron chi connectivity index (χ0n) is 10.3. The van der Waals surface area contributed by atoms with Gasteiger partial charge in [0.05, 0.1) is 11.6 Å². The van der Waals surface area contributed by atoms with E-state index in [4.69, 9.17) is 34.3 Å². The second kappa shape index (κ2) is 6.56. The Morgan fingerprint density at radius 2 is 2.22 bits per heavy atom. The van der Waals surface area contributed by atoms with Crippen LogP contribution in [-0.2, 0) is 9.53 Å². The summed E-state index contributed by atoms with van der Waals surface area (Å²) in [5.41, 5.74) is 6.94. The Morgan fingerprint density at radius 3 is 2.72 bits per heavy atom. The highest BCUT2D eigenvalue weighted by atomic mass is 35.5. The van der Waals surface area contributed by atoms with Crippen LogP contribution >= 0.6 is 23.8 Å². The van der Waals surface area contributed by atoms with E-state index >= 15 is 0 Å². The molecule has 0 radical (unpaired) electrons. The van der Waals surface area contributed by atoms with Crippen molar-refractivity contribution in [2.24, 2.45) is 5.73 Å². The Bertz CT molecular complexity index is 465. The lowest BCUT2D eigenvalue weighted by molar-refractivity contribution is -0.141. The van der Waals surface area contributed by atoms with Gasteiger partial charge < -0.3 is 15.4 Å². The number of ether oxygens (including phenoxy) is 1. The highest BCUT2D eigenvalue weighted by Crippen LogP contribution is 2.23. The van der Waals surface area contributed by atoms with Gasteiger partial charge in [-0.1, -0.05) is 23.8 Å². The summed E-state index contributed by atoms with van der Waals surface area (Å²) in [4.78, 5) is 13.3. The second-order valence-corrected chi connectivity index (χ2v) is 4.54. The van der Waals surface area contributed by atoms with Crippen LogP contribution in [0.15, 0.2) is 18.2 Å². The highest BCUT2D eigenvalue weighted by molar-refractivity contribution is 7.80. The van der Waals surface area contributed by atoms with Gasteiger partial charge >= 0.3 is 5.97 Å². The van der Waals surface area contributed by atoms with Crippen molar-refractivity contribution < 1.29 is 9.53 Å². The van der Waals surface area contributed by atoms with Crippen molar-refractivity contribution in [1.82, 2.24) is 0 Å². The van der Waals surface area contributed by atoms with Gasteiger partial charge in [0.1, 0.15) is 11.5 Å². The molecule has 6 heteroatoms. The highest BCUT2D eigenvalue weighted by Gasteiger charge is 2.10. The minimum absolute atomic E-state index is 0.163. The van der Waals surface area contributed by atoms with Crippen LogP contribution in [0.25, 0.3) is 0 Å². The fourth-order valence-corrected chi connectivity index (χ4v) is 1.94. The maximum absolute atomic E-state index is 11.3. The third-order valence-electron chi connectivity index (χ3n) is 2.33. The first kappa shape index (κ1) is 14.7.